The zero-order chi connectivity index (χ0) is 20.1. The number of anilines is 1. The molecule has 0 aliphatic heterocycles. The molecule has 28 heavy (non-hydrogen) atoms. The molecule has 0 radical (unpaired) electrons. The Bertz CT molecular complexity index is 950. The smallest absolute Gasteiger partial charge is 0.339 e. The average Bonchev–Trinajstić information content (AvgIpc) is 3.16. The summed E-state index contributed by atoms with van der Waals surface area (Å²) < 4.78 is 43.5. The van der Waals surface area contributed by atoms with E-state index in [-0.39, 0.29) is 36.0 Å². The van der Waals surface area contributed by atoms with Gasteiger partial charge in [0, 0.05) is 24.1 Å². The van der Waals surface area contributed by atoms with Crippen molar-refractivity contribution in [2.45, 2.75) is 32.4 Å². The van der Waals surface area contributed by atoms with Gasteiger partial charge in [0.1, 0.15) is 0 Å². The van der Waals surface area contributed by atoms with Gasteiger partial charge in [-0.25, -0.2) is 0 Å². The average molecular weight is 389 g/mol. The summed E-state index contributed by atoms with van der Waals surface area (Å²) in [5.74, 6) is 0.0172. The molecule has 8 heteroatoms. The van der Waals surface area contributed by atoms with Crippen molar-refractivity contribution in [3.63, 3.8) is 0 Å². The van der Waals surface area contributed by atoms with Crippen LogP contribution in [0.25, 0.3) is 11.4 Å². The standard InChI is InChI=1S/C20H18F3N3O2/c1-2-13-6-8-16(9-7-13)24-17(27)10-11-18-25-19(26-28-18)14-4-3-5-15(12-14)20(21,22)23/h3-9,12H,2,10-11H2,1H3,(H,24,27). The van der Waals surface area contributed by atoms with E-state index in [2.05, 4.69) is 15.5 Å². The Hall–Kier alpha value is -3.16. The summed E-state index contributed by atoms with van der Waals surface area (Å²) in [6.07, 6.45) is -3.24. The Labute approximate surface area is 159 Å². The second-order valence-corrected chi connectivity index (χ2v) is 6.19. The van der Waals surface area contributed by atoms with E-state index in [4.69, 9.17) is 4.52 Å². The van der Waals surface area contributed by atoms with Crippen LogP contribution >= 0.6 is 0 Å². The monoisotopic (exact) mass is 389 g/mol. The van der Waals surface area contributed by atoms with Crippen LogP contribution in [0.5, 0.6) is 0 Å². The zero-order valence-electron chi connectivity index (χ0n) is 15.1. The Morgan fingerprint density at radius 1 is 1.14 bits per heavy atom. The topological polar surface area (TPSA) is 68.0 Å². The summed E-state index contributed by atoms with van der Waals surface area (Å²) >= 11 is 0. The summed E-state index contributed by atoms with van der Waals surface area (Å²) in [5, 5.41) is 6.48. The van der Waals surface area contributed by atoms with E-state index in [0.717, 1.165) is 18.6 Å². The molecule has 0 aliphatic rings. The highest BCUT2D eigenvalue weighted by atomic mass is 19.4. The first-order chi connectivity index (χ1) is 13.3. The molecule has 1 aromatic heterocycles. The van der Waals surface area contributed by atoms with Crippen LogP contribution in [0.1, 0.15) is 30.4 Å². The highest BCUT2D eigenvalue weighted by Gasteiger charge is 2.30. The van der Waals surface area contributed by atoms with Gasteiger partial charge in [-0.1, -0.05) is 36.3 Å². The summed E-state index contributed by atoms with van der Waals surface area (Å²) in [7, 11) is 0. The Morgan fingerprint density at radius 2 is 1.89 bits per heavy atom. The number of halogens is 3. The van der Waals surface area contributed by atoms with Crippen LogP contribution in [0.3, 0.4) is 0 Å². The molecule has 2 aromatic carbocycles. The number of hydrogen-bond acceptors (Lipinski definition) is 4. The van der Waals surface area contributed by atoms with Gasteiger partial charge in [-0.2, -0.15) is 18.2 Å². The first-order valence-corrected chi connectivity index (χ1v) is 8.74. The number of carbonyl (C=O) groups excluding carboxylic acids is 1. The van der Waals surface area contributed by atoms with Gasteiger partial charge >= 0.3 is 6.18 Å². The number of rotatable bonds is 6. The molecule has 0 saturated carbocycles. The predicted molar refractivity (Wildman–Crippen MR) is 97.5 cm³/mol. The fourth-order valence-electron chi connectivity index (χ4n) is 2.58. The first kappa shape index (κ1) is 19.6. The van der Waals surface area contributed by atoms with Crippen molar-refractivity contribution in [2.24, 2.45) is 0 Å². The van der Waals surface area contributed by atoms with Crippen molar-refractivity contribution in [1.29, 1.82) is 0 Å². The molecule has 5 nitrogen and oxygen atoms in total. The van der Waals surface area contributed by atoms with Crippen molar-refractivity contribution < 1.29 is 22.5 Å². The lowest BCUT2D eigenvalue weighted by atomic mass is 10.1. The minimum atomic E-state index is -4.45. The van der Waals surface area contributed by atoms with Crippen molar-refractivity contribution in [1.82, 2.24) is 10.1 Å². The Morgan fingerprint density at radius 3 is 2.57 bits per heavy atom. The molecule has 0 aliphatic carbocycles. The molecule has 1 N–H and O–H groups in total. The highest BCUT2D eigenvalue weighted by Crippen LogP contribution is 2.31. The van der Waals surface area contributed by atoms with Crippen LogP contribution in [-0.2, 0) is 23.8 Å². The van der Waals surface area contributed by atoms with Gasteiger partial charge in [-0.05, 0) is 36.2 Å². The summed E-state index contributed by atoms with van der Waals surface area (Å²) in [5.41, 5.74) is 1.28. The van der Waals surface area contributed by atoms with Gasteiger partial charge < -0.3 is 9.84 Å². The lowest BCUT2D eigenvalue weighted by Gasteiger charge is -2.06. The fourth-order valence-corrected chi connectivity index (χ4v) is 2.58. The second-order valence-electron chi connectivity index (χ2n) is 6.19. The minimum Gasteiger partial charge on any atom is -0.339 e. The molecule has 1 amide bonds. The summed E-state index contributed by atoms with van der Waals surface area (Å²) in [6, 6.07) is 12.2. The number of hydrogen-bond donors (Lipinski definition) is 1. The molecule has 0 spiro atoms. The molecule has 0 fully saturated rings. The number of carbonyl (C=O) groups is 1. The third kappa shape index (κ3) is 4.97. The van der Waals surface area contributed by atoms with Crippen LogP contribution in [0, 0.1) is 0 Å². The summed E-state index contributed by atoms with van der Waals surface area (Å²) in [6.45, 7) is 2.05. The molecule has 3 aromatic rings. The fraction of sp³-hybridized carbons (Fsp3) is 0.250. The van der Waals surface area contributed by atoms with Gasteiger partial charge in [-0.15, -0.1) is 0 Å². The number of alkyl halides is 3. The number of aromatic nitrogens is 2. The maximum Gasteiger partial charge on any atom is 0.416 e. The lowest BCUT2D eigenvalue weighted by Crippen LogP contribution is -2.12. The Balaban J connectivity index is 1.59. The van der Waals surface area contributed by atoms with Gasteiger partial charge in [-0.3, -0.25) is 4.79 Å². The van der Waals surface area contributed by atoms with Gasteiger partial charge in [0.25, 0.3) is 0 Å². The van der Waals surface area contributed by atoms with Crippen LogP contribution in [0.15, 0.2) is 53.1 Å². The van der Waals surface area contributed by atoms with E-state index < -0.39 is 11.7 Å². The number of aryl methyl sites for hydroxylation is 2. The molecule has 0 atom stereocenters. The molecule has 0 unspecified atom stereocenters. The van der Waals surface area contributed by atoms with E-state index in [1.165, 1.54) is 17.7 Å². The van der Waals surface area contributed by atoms with E-state index in [1.54, 1.807) is 0 Å². The van der Waals surface area contributed by atoms with Crippen molar-refractivity contribution >= 4 is 11.6 Å². The van der Waals surface area contributed by atoms with Crippen molar-refractivity contribution in [2.75, 3.05) is 5.32 Å². The molecular weight excluding hydrogens is 371 g/mol. The molecule has 0 saturated heterocycles. The predicted octanol–water partition coefficient (Wildman–Crippen LogP) is 4.89. The largest absolute Gasteiger partial charge is 0.416 e. The molecule has 1 heterocycles. The minimum absolute atomic E-state index is 0.0525. The quantitative estimate of drug-likeness (QED) is 0.652. The van der Waals surface area contributed by atoms with Gasteiger partial charge in [0.05, 0.1) is 5.56 Å². The number of benzene rings is 2. The van der Waals surface area contributed by atoms with E-state index in [9.17, 15) is 18.0 Å². The molecule has 3 rings (SSSR count). The van der Waals surface area contributed by atoms with Crippen molar-refractivity contribution in [3.05, 3.63) is 65.5 Å². The van der Waals surface area contributed by atoms with Crippen LogP contribution in [-0.4, -0.2) is 16.0 Å². The Kier molecular flexibility index (Phi) is 5.77. The van der Waals surface area contributed by atoms with Gasteiger partial charge in [0.15, 0.2) is 0 Å². The third-order valence-electron chi connectivity index (χ3n) is 4.13. The normalized spacial score (nSPS) is 11.4. The molecule has 0 bridgehead atoms. The van der Waals surface area contributed by atoms with E-state index in [1.807, 2.05) is 31.2 Å². The third-order valence-corrected chi connectivity index (χ3v) is 4.13. The SMILES string of the molecule is CCc1ccc(NC(=O)CCc2nc(-c3cccc(C(F)(F)F)c3)no2)cc1. The summed E-state index contributed by atoms with van der Waals surface area (Å²) in [4.78, 5) is 16.1. The van der Waals surface area contributed by atoms with Crippen molar-refractivity contribution in [3.8, 4) is 11.4 Å². The van der Waals surface area contributed by atoms with Crippen LogP contribution in [0.2, 0.25) is 0 Å². The number of amides is 1. The number of nitrogens with one attached hydrogen (secondary N) is 1. The highest BCUT2D eigenvalue weighted by molar-refractivity contribution is 5.90. The van der Waals surface area contributed by atoms with Crippen LogP contribution < -0.4 is 5.32 Å². The molecular formula is C20H18F3N3O2. The zero-order valence-corrected chi connectivity index (χ0v) is 15.1. The van der Waals surface area contributed by atoms with Crippen LogP contribution in [0.4, 0.5) is 18.9 Å². The maximum atomic E-state index is 12.8. The van der Waals surface area contributed by atoms with Gasteiger partial charge in [0.2, 0.25) is 17.6 Å². The molecule has 146 valence electrons. The van der Waals surface area contributed by atoms with E-state index in [0.29, 0.717) is 5.69 Å². The maximum absolute atomic E-state index is 12.8. The lowest BCUT2D eigenvalue weighted by molar-refractivity contribution is -0.137. The second kappa shape index (κ2) is 8.24. The first-order valence-electron chi connectivity index (χ1n) is 8.74. The van der Waals surface area contributed by atoms with E-state index >= 15 is 0 Å². The number of nitrogens with zero attached hydrogens (tertiary/aromatic N) is 2.